The molecule has 0 unspecified atom stereocenters. The second kappa shape index (κ2) is 14.9. The number of esters is 2. The molecule has 238 valence electrons. The Morgan fingerprint density at radius 2 is 1.02 bits per heavy atom. The van der Waals surface area contributed by atoms with Gasteiger partial charge in [0.1, 0.15) is 0 Å². The van der Waals surface area contributed by atoms with Crippen LogP contribution in [0.2, 0.25) is 51.9 Å². The molecule has 0 spiro atoms. The van der Waals surface area contributed by atoms with Crippen molar-refractivity contribution in [1.82, 2.24) is 15.0 Å². The Labute approximate surface area is 262 Å². The number of carbonyl (C=O) groups is 2. The first-order valence-corrected chi connectivity index (χ1v) is 23.7. The summed E-state index contributed by atoms with van der Waals surface area (Å²) in [5.41, 5.74) is 2.22. The molecule has 0 aliphatic rings. The van der Waals surface area contributed by atoms with Gasteiger partial charge in [0.15, 0.2) is 16.6 Å². The number of carbonyl (C=O) groups excluding carboxylic acids is 2. The average Bonchev–Trinajstić information content (AvgIpc) is 2.93. The van der Waals surface area contributed by atoms with Crippen molar-refractivity contribution in [1.29, 1.82) is 0 Å². The fourth-order valence-electron chi connectivity index (χ4n) is 4.47. The van der Waals surface area contributed by atoms with E-state index in [-0.39, 0.29) is 0 Å². The molecule has 0 saturated heterocycles. The summed E-state index contributed by atoms with van der Waals surface area (Å²) in [6.07, 6.45) is 0.818. The predicted octanol–water partition coefficient (Wildman–Crippen LogP) is 6.51. The van der Waals surface area contributed by atoms with Gasteiger partial charge >= 0.3 is 20.5 Å². The Kier molecular flexibility index (Phi) is 11.8. The summed E-state index contributed by atoms with van der Waals surface area (Å²) in [5.74, 6) is 0.133. The molecular formula is C29H44N6O6Si3. The summed E-state index contributed by atoms with van der Waals surface area (Å²) >= 11 is 0. The normalized spacial score (nSPS) is 11.9. The third-order valence-corrected chi connectivity index (χ3v) is 15.5. The van der Waals surface area contributed by atoms with E-state index in [1.54, 1.807) is 48.5 Å². The molecule has 0 atom stereocenters. The number of benzene rings is 2. The minimum Gasteiger partial charge on any atom is -0.465 e. The molecule has 3 rings (SSSR count). The molecule has 0 bridgehead atoms. The third kappa shape index (κ3) is 11.5. The number of ether oxygens (including phenoxy) is 2. The first-order chi connectivity index (χ1) is 20.6. The highest BCUT2D eigenvalue weighted by molar-refractivity contribution is 6.87. The quantitative estimate of drug-likeness (QED) is 0.0931. The lowest BCUT2D eigenvalue weighted by Gasteiger charge is -2.38. The molecule has 2 aromatic carbocycles. The average molecular weight is 657 g/mol. The van der Waals surface area contributed by atoms with Crippen molar-refractivity contribution in [3.05, 3.63) is 59.7 Å². The zero-order valence-electron chi connectivity index (χ0n) is 27.0. The van der Waals surface area contributed by atoms with Crippen molar-refractivity contribution in [3.8, 4) is 0 Å². The summed E-state index contributed by atoms with van der Waals surface area (Å²) in [6.45, 7) is 16.0. The topological polar surface area (TPSA) is 146 Å². The van der Waals surface area contributed by atoms with Crippen LogP contribution >= 0.6 is 0 Å². The van der Waals surface area contributed by atoms with Gasteiger partial charge in [0.25, 0.3) is 0 Å². The van der Waals surface area contributed by atoms with Gasteiger partial charge in [-0.1, -0.05) is 0 Å². The Morgan fingerprint density at radius 1 is 0.636 bits per heavy atom. The molecule has 15 heteroatoms. The largest absolute Gasteiger partial charge is 0.465 e. The van der Waals surface area contributed by atoms with Crippen LogP contribution in [0.4, 0.5) is 29.2 Å². The molecule has 0 aliphatic heterocycles. The molecule has 1 heterocycles. The molecule has 3 aromatic rings. The van der Waals surface area contributed by atoms with Gasteiger partial charge in [0.05, 0.1) is 25.3 Å². The number of aromatic nitrogens is 3. The van der Waals surface area contributed by atoms with E-state index in [9.17, 15) is 9.59 Å². The molecule has 1 aromatic heterocycles. The molecule has 3 N–H and O–H groups in total. The molecule has 0 aliphatic carbocycles. The number of nitrogens with zero attached hydrogens (tertiary/aromatic N) is 3. The van der Waals surface area contributed by atoms with Crippen molar-refractivity contribution in [2.45, 2.75) is 58.3 Å². The molecule has 0 radical (unpaired) electrons. The van der Waals surface area contributed by atoms with Gasteiger partial charge in [0.2, 0.25) is 17.8 Å². The van der Waals surface area contributed by atoms with Crippen molar-refractivity contribution in [2.75, 3.05) is 36.7 Å². The second-order valence-electron chi connectivity index (χ2n) is 12.3. The molecule has 0 amide bonds. The molecular weight excluding hydrogens is 613 g/mol. The SMILES string of the molecule is COC(=O)c1ccc(Nc2nc(NCCC[Si](C)(O[Si](C)(C)C)O[Si](C)(C)C)nc(Nc3ccc(C(=O)OC)cc3)n2)cc1. The number of nitrogens with one attached hydrogen (secondary N) is 3. The van der Waals surface area contributed by atoms with Gasteiger partial charge in [-0.3, -0.25) is 0 Å². The lowest BCUT2D eigenvalue weighted by atomic mass is 10.2. The van der Waals surface area contributed by atoms with Gasteiger partial charge in [-0.2, -0.15) is 15.0 Å². The van der Waals surface area contributed by atoms with Gasteiger partial charge < -0.3 is 33.7 Å². The third-order valence-electron chi connectivity index (χ3n) is 5.89. The van der Waals surface area contributed by atoms with E-state index in [0.29, 0.717) is 46.9 Å². The zero-order valence-corrected chi connectivity index (χ0v) is 30.0. The number of anilines is 5. The van der Waals surface area contributed by atoms with Crippen LogP contribution in [0.1, 0.15) is 27.1 Å². The lowest BCUT2D eigenvalue weighted by molar-refractivity contribution is 0.0592. The van der Waals surface area contributed by atoms with E-state index in [1.807, 2.05) is 0 Å². The molecule has 12 nitrogen and oxygen atoms in total. The first kappa shape index (κ1) is 34.8. The minimum atomic E-state index is -2.37. The Morgan fingerprint density at radius 3 is 1.39 bits per heavy atom. The number of methoxy groups -OCH3 is 2. The monoisotopic (exact) mass is 656 g/mol. The highest BCUT2D eigenvalue weighted by atomic mass is 28.5. The summed E-state index contributed by atoms with van der Waals surface area (Å²) < 4.78 is 22.8. The molecule has 0 fully saturated rings. The minimum absolute atomic E-state index is 0.297. The van der Waals surface area contributed by atoms with Crippen LogP contribution in [0.25, 0.3) is 0 Å². The van der Waals surface area contributed by atoms with Gasteiger partial charge in [0, 0.05) is 17.9 Å². The summed E-state index contributed by atoms with van der Waals surface area (Å²) in [5, 5.41) is 9.67. The number of hydrogen-bond donors (Lipinski definition) is 3. The predicted molar refractivity (Wildman–Crippen MR) is 180 cm³/mol. The van der Waals surface area contributed by atoms with Crippen LogP contribution in [0.3, 0.4) is 0 Å². The smallest absolute Gasteiger partial charge is 0.337 e. The Balaban J connectivity index is 1.79. The molecule has 44 heavy (non-hydrogen) atoms. The highest BCUT2D eigenvalue weighted by Gasteiger charge is 2.39. The summed E-state index contributed by atoms with van der Waals surface area (Å²) in [6, 6.07) is 14.4. The standard InChI is InChI=1S/C29H44N6O6Si3/c1-38-25(36)21-11-15-23(16-12-21)31-28-33-27(30-19-10-20-44(9,40-42(3,4)5)41-43(6,7)8)34-29(35-28)32-24-17-13-22(14-18-24)26(37)39-2/h11-18H,10,19-20H2,1-9H3,(H3,30,31,32,33,34,35). The van der Waals surface area contributed by atoms with E-state index in [2.05, 4.69) is 76.7 Å². The molecule has 0 saturated carbocycles. The van der Waals surface area contributed by atoms with Gasteiger partial charge in [-0.25, -0.2) is 9.59 Å². The van der Waals surface area contributed by atoms with E-state index < -0.39 is 37.1 Å². The van der Waals surface area contributed by atoms with Crippen LogP contribution in [0.5, 0.6) is 0 Å². The Bertz CT molecular complexity index is 1320. The fraction of sp³-hybridized carbons (Fsp3) is 0.414. The van der Waals surface area contributed by atoms with Gasteiger partial charge in [-0.05, 0) is 107 Å². The van der Waals surface area contributed by atoms with Crippen LogP contribution in [0, 0.1) is 0 Å². The van der Waals surface area contributed by atoms with E-state index >= 15 is 0 Å². The van der Waals surface area contributed by atoms with Crippen molar-refractivity contribution < 1.29 is 27.3 Å². The van der Waals surface area contributed by atoms with Crippen molar-refractivity contribution in [2.24, 2.45) is 0 Å². The van der Waals surface area contributed by atoms with Crippen LogP contribution < -0.4 is 16.0 Å². The van der Waals surface area contributed by atoms with Crippen LogP contribution in [-0.2, 0) is 17.7 Å². The Hall–Kier alpha value is -3.64. The van der Waals surface area contributed by atoms with Crippen molar-refractivity contribution in [3.63, 3.8) is 0 Å². The number of hydrogen-bond acceptors (Lipinski definition) is 12. The van der Waals surface area contributed by atoms with Crippen LogP contribution in [0.15, 0.2) is 48.5 Å². The van der Waals surface area contributed by atoms with E-state index in [0.717, 1.165) is 12.5 Å². The maximum atomic E-state index is 11.8. The second-order valence-corrected chi connectivity index (χ2v) is 25.1. The highest BCUT2D eigenvalue weighted by Crippen LogP contribution is 2.26. The first-order valence-electron chi connectivity index (χ1n) is 14.4. The van der Waals surface area contributed by atoms with E-state index in [1.165, 1.54) is 14.2 Å². The zero-order chi connectivity index (χ0) is 32.5. The lowest BCUT2D eigenvalue weighted by Crippen LogP contribution is -2.52. The number of rotatable bonds is 15. The van der Waals surface area contributed by atoms with E-state index in [4.69, 9.17) is 17.7 Å². The fourth-order valence-corrected chi connectivity index (χ4v) is 17.0. The van der Waals surface area contributed by atoms with Crippen LogP contribution in [-0.4, -0.2) is 72.9 Å². The maximum absolute atomic E-state index is 11.8. The summed E-state index contributed by atoms with van der Waals surface area (Å²) in [4.78, 5) is 37.3. The maximum Gasteiger partial charge on any atom is 0.337 e. The van der Waals surface area contributed by atoms with Gasteiger partial charge in [-0.15, -0.1) is 0 Å². The summed E-state index contributed by atoms with van der Waals surface area (Å²) in [7, 11) is -3.28. The van der Waals surface area contributed by atoms with Crippen molar-refractivity contribution >= 4 is 66.4 Å².